The van der Waals surface area contributed by atoms with Crippen molar-refractivity contribution in [3.05, 3.63) is 59.8 Å². The summed E-state index contributed by atoms with van der Waals surface area (Å²) in [7, 11) is 0. The molecule has 8 nitrogen and oxygen atoms in total. The van der Waals surface area contributed by atoms with E-state index in [1.165, 1.54) is 24.3 Å². The number of amides is 1. The highest BCUT2D eigenvalue weighted by atomic mass is 19.1. The van der Waals surface area contributed by atoms with E-state index in [0.717, 1.165) is 25.4 Å². The van der Waals surface area contributed by atoms with Crippen molar-refractivity contribution in [1.29, 1.82) is 0 Å². The Morgan fingerprint density at radius 1 is 0.963 bits per heavy atom. The maximum Gasteiger partial charge on any atom is 0.414 e. The first-order valence-corrected chi connectivity index (χ1v) is 8.12. The minimum absolute atomic E-state index is 0.0346. The summed E-state index contributed by atoms with van der Waals surface area (Å²) >= 11 is 0. The first kappa shape index (κ1) is 20.1. The number of furan rings is 1. The van der Waals surface area contributed by atoms with Gasteiger partial charge in [-0.3, -0.25) is 9.69 Å². The van der Waals surface area contributed by atoms with Crippen LogP contribution in [0.2, 0.25) is 0 Å². The Hall–Kier alpha value is -3.20. The number of carboxylic acid groups (broad SMARTS) is 2. The highest BCUT2D eigenvalue weighted by Crippen LogP contribution is 2.12. The van der Waals surface area contributed by atoms with Gasteiger partial charge in [0.15, 0.2) is 0 Å². The monoisotopic (exact) mass is 378 g/mol. The zero-order chi connectivity index (χ0) is 19.8. The number of hydrogen-bond donors (Lipinski definition) is 2. The van der Waals surface area contributed by atoms with Gasteiger partial charge in [0.25, 0.3) is 5.91 Å². The number of carboxylic acids is 2. The standard InChI is InChI=1S/C16H17FN2O2.C2H2O4/c17-14-5-3-13(4-6-14)16(20)19-9-7-18(8-10-19)12-15-2-1-11-21-15;3-1(4)2(5)6/h1-6,11H,7-10,12H2;(H,3,4)(H,5,6). The normalized spacial score (nSPS) is 14.2. The zero-order valence-corrected chi connectivity index (χ0v) is 14.4. The molecule has 144 valence electrons. The molecule has 2 aromatic rings. The molecule has 0 aliphatic carbocycles. The average Bonchev–Trinajstić information content (AvgIpc) is 3.16. The molecule has 1 aromatic carbocycles. The molecule has 3 rings (SSSR count). The van der Waals surface area contributed by atoms with Gasteiger partial charge >= 0.3 is 11.9 Å². The van der Waals surface area contributed by atoms with Crippen molar-refractivity contribution in [2.24, 2.45) is 0 Å². The molecule has 0 atom stereocenters. The predicted octanol–water partition coefficient (Wildman–Crippen LogP) is 1.53. The van der Waals surface area contributed by atoms with E-state index in [2.05, 4.69) is 4.90 Å². The average molecular weight is 378 g/mol. The van der Waals surface area contributed by atoms with Crippen LogP contribution in [0.4, 0.5) is 4.39 Å². The van der Waals surface area contributed by atoms with E-state index in [4.69, 9.17) is 24.2 Å². The van der Waals surface area contributed by atoms with E-state index in [0.29, 0.717) is 18.7 Å². The lowest BCUT2D eigenvalue weighted by atomic mass is 10.1. The van der Waals surface area contributed by atoms with Gasteiger partial charge in [0.05, 0.1) is 12.8 Å². The third-order valence-corrected chi connectivity index (χ3v) is 3.89. The van der Waals surface area contributed by atoms with Crippen LogP contribution in [0.1, 0.15) is 16.1 Å². The van der Waals surface area contributed by atoms with Crippen LogP contribution < -0.4 is 0 Å². The first-order valence-electron chi connectivity index (χ1n) is 8.12. The molecule has 1 aliphatic heterocycles. The number of nitrogens with zero attached hydrogens (tertiary/aromatic N) is 2. The van der Waals surface area contributed by atoms with E-state index < -0.39 is 11.9 Å². The molecule has 0 bridgehead atoms. The van der Waals surface area contributed by atoms with Crippen molar-refractivity contribution in [3.8, 4) is 0 Å². The quantitative estimate of drug-likeness (QED) is 0.779. The largest absolute Gasteiger partial charge is 0.473 e. The van der Waals surface area contributed by atoms with E-state index >= 15 is 0 Å². The van der Waals surface area contributed by atoms with Crippen molar-refractivity contribution in [3.63, 3.8) is 0 Å². The lowest BCUT2D eigenvalue weighted by Gasteiger charge is -2.34. The molecule has 1 fully saturated rings. The Balaban J connectivity index is 0.000000380. The SMILES string of the molecule is O=C(O)C(=O)O.O=C(c1ccc(F)cc1)N1CCN(Cc2ccco2)CC1. The van der Waals surface area contributed by atoms with Gasteiger partial charge in [-0.15, -0.1) is 0 Å². The fourth-order valence-corrected chi connectivity index (χ4v) is 2.51. The molecule has 1 aromatic heterocycles. The summed E-state index contributed by atoms with van der Waals surface area (Å²) in [5.74, 6) is -3.07. The summed E-state index contributed by atoms with van der Waals surface area (Å²) in [5, 5.41) is 14.8. The van der Waals surface area contributed by atoms with Crippen LogP contribution in [-0.2, 0) is 16.1 Å². The van der Waals surface area contributed by atoms with Gasteiger partial charge in [-0.25, -0.2) is 14.0 Å². The van der Waals surface area contributed by atoms with Crippen molar-refractivity contribution in [2.75, 3.05) is 26.2 Å². The van der Waals surface area contributed by atoms with Crippen LogP contribution in [0.25, 0.3) is 0 Å². The van der Waals surface area contributed by atoms with Crippen molar-refractivity contribution >= 4 is 17.8 Å². The van der Waals surface area contributed by atoms with Crippen LogP contribution in [0.3, 0.4) is 0 Å². The molecular weight excluding hydrogens is 359 g/mol. The second-order valence-electron chi connectivity index (χ2n) is 5.76. The van der Waals surface area contributed by atoms with Gasteiger partial charge in [0.2, 0.25) is 0 Å². The number of rotatable bonds is 3. The maximum atomic E-state index is 12.9. The number of hydrogen-bond acceptors (Lipinski definition) is 5. The molecule has 9 heteroatoms. The summed E-state index contributed by atoms with van der Waals surface area (Å²) < 4.78 is 18.2. The molecule has 1 amide bonds. The molecule has 2 N–H and O–H groups in total. The van der Waals surface area contributed by atoms with Crippen molar-refractivity contribution in [1.82, 2.24) is 9.80 Å². The number of carbonyl (C=O) groups excluding carboxylic acids is 1. The van der Waals surface area contributed by atoms with Crippen LogP contribution >= 0.6 is 0 Å². The number of aliphatic carboxylic acids is 2. The summed E-state index contributed by atoms with van der Waals surface area (Å²) in [5.41, 5.74) is 0.538. The molecule has 0 saturated carbocycles. The Morgan fingerprint density at radius 2 is 1.56 bits per heavy atom. The van der Waals surface area contributed by atoms with E-state index in [9.17, 15) is 9.18 Å². The lowest BCUT2D eigenvalue weighted by molar-refractivity contribution is -0.159. The van der Waals surface area contributed by atoms with Crippen molar-refractivity contribution < 1.29 is 33.4 Å². The summed E-state index contributed by atoms with van der Waals surface area (Å²) in [6.45, 7) is 3.75. The van der Waals surface area contributed by atoms with Gasteiger partial charge < -0.3 is 19.5 Å². The summed E-state index contributed by atoms with van der Waals surface area (Å²) in [4.78, 5) is 34.6. The zero-order valence-electron chi connectivity index (χ0n) is 14.4. The minimum Gasteiger partial charge on any atom is -0.473 e. The molecule has 27 heavy (non-hydrogen) atoms. The van der Waals surface area contributed by atoms with Gasteiger partial charge in [0.1, 0.15) is 11.6 Å². The lowest BCUT2D eigenvalue weighted by Crippen LogP contribution is -2.48. The third-order valence-electron chi connectivity index (χ3n) is 3.89. The smallest absolute Gasteiger partial charge is 0.414 e. The number of carbonyl (C=O) groups is 3. The first-order chi connectivity index (χ1) is 12.9. The predicted molar refractivity (Wildman–Crippen MR) is 91.6 cm³/mol. The Bertz CT molecular complexity index is 756. The molecular formula is C18H19FN2O6. The van der Waals surface area contributed by atoms with Crippen LogP contribution in [0.15, 0.2) is 47.1 Å². The molecule has 1 aliphatic rings. The fraction of sp³-hybridized carbons (Fsp3) is 0.278. The summed E-state index contributed by atoms with van der Waals surface area (Å²) in [6, 6.07) is 9.54. The second kappa shape index (κ2) is 9.48. The molecule has 0 radical (unpaired) electrons. The fourth-order valence-electron chi connectivity index (χ4n) is 2.51. The minimum atomic E-state index is -1.82. The van der Waals surface area contributed by atoms with Gasteiger partial charge in [0, 0.05) is 31.7 Å². The number of benzene rings is 1. The number of piperazine rings is 1. The van der Waals surface area contributed by atoms with Gasteiger partial charge in [-0.1, -0.05) is 0 Å². The molecule has 1 saturated heterocycles. The van der Waals surface area contributed by atoms with Crippen LogP contribution in [-0.4, -0.2) is 64.0 Å². The molecule has 0 spiro atoms. The summed E-state index contributed by atoms with van der Waals surface area (Å²) in [6.07, 6.45) is 1.67. The van der Waals surface area contributed by atoms with E-state index in [1.807, 2.05) is 17.0 Å². The Kier molecular flexibility index (Phi) is 7.07. The molecule has 2 heterocycles. The topological polar surface area (TPSA) is 111 Å². The third kappa shape index (κ3) is 6.23. The highest BCUT2D eigenvalue weighted by molar-refractivity contribution is 6.27. The Labute approximate surface area is 154 Å². The maximum absolute atomic E-state index is 12.9. The van der Waals surface area contributed by atoms with Gasteiger partial charge in [-0.2, -0.15) is 0 Å². The van der Waals surface area contributed by atoms with Crippen LogP contribution in [0, 0.1) is 5.82 Å². The van der Waals surface area contributed by atoms with Crippen LogP contribution in [0.5, 0.6) is 0 Å². The Morgan fingerprint density at radius 3 is 2.04 bits per heavy atom. The second-order valence-corrected chi connectivity index (χ2v) is 5.76. The molecule has 0 unspecified atom stereocenters. The van der Waals surface area contributed by atoms with E-state index in [1.54, 1.807) is 6.26 Å². The number of halogens is 1. The van der Waals surface area contributed by atoms with E-state index in [-0.39, 0.29) is 11.7 Å². The van der Waals surface area contributed by atoms with Gasteiger partial charge in [-0.05, 0) is 36.4 Å². The highest BCUT2D eigenvalue weighted by Gasteiger charge is 2.22. The van der Waals surface area contributed by atoms with Crippen molar-refractivity contribution in [2.45, 2.75) is 6.54 Å².